The summed E-state index contributed by atoms with van der Waals surface area (Å²) in [6.45, 7) is 0. The SMILES string of the molecule is c1ccc(-c2nc(-c3ccccc3)nc(-n3c4ccccc4c4cc5c6c(c7ccccc7n6-c6ccccc6C5(c5ccccc5)c5ccccc5)c43)n2)cc1. The van der Waals surface area contributed by atoms with Gasteiger partial charge in [-0.1, -0.05) is 176 Å². The van der Waals surface area contributed by atoms with E-state index in [2.05, 4.69) is 173 Å². The maximum Gasteiger partial charge on any atom is 0.238 e. The smallest absolute Gasteiger partial charge is 0.238 e. The molecule has 1 aliphatic rings. The Balaban J connectivity index is 1.31. The molecule has 0 N–H and O–H groups in total. The van der Waals surface area contributed by atoms with Crippen LogP contribution in [0.1, 0.15) is 22.3 Å². The average molecular weight is 728 g/mol. The Hall–Kier alpha value is -7.63. The van der Waals surface area contributed by atoms with Crippen LogP contribution in [0.5, 0.6) is 0 Å². The Morgan fingerprint density at radius 2 is 0.860 bits per heavy atom. The third-order valence-corrected chi connectivity index (χ3v) is 11.8. The van der Waals surface area contributed by atoms with E-state index < -0.39 is 5.41 Å². The minimum absolute atomic E-state index is 0.578. The van der Waals surface area contributed by atoms with Gasteiger partial charge in [-0.05, 0) is 46.5 Å². The van der Waals surface area contributed by atoms with Gasteiger partial charge >= 0.3 is 0 Å². The standard InChI is InChI=1S/C52H33N5/c1-5-19-34(20-6-1)49-53-50(35-21-7-2-8-22-35)55-51(54-49)57-43-30-16-13-27-38(43)40-33-42-48-46(47(40)57)39-28-14-17-31-44(39)56(48)45-32-18-15-29-41(45)52(42,36-23-9-3-10-24-36)37-25-11-4-12-26-37/h1-33H. The third-order valence-electron chi connectivity index (χ3n) is 11.8. The van der Waals surface area contributed by atoms with Crippen LogP contribution in [0.2, 0.25) is 0 Å². The molecule has 5 heteroatoms. The molecule has 0 saturated heterocycles. The summed E-state index contributed by atoms with van der Waals surface area (Å²) in [6, 6.07) is 71.5. The highest BCUT2D eigenvalue weighted by Gasteiger charge is 2.46. The monoisotopic (exact) mass is 727 g/mol. The molecule has 0 spiro atoms. The van der Waals surface area contributed by atoms with Crippen LogP contribution in [-0.2, 0) is 5.41 Å². The fourth-order valence-corrected chi connectivity index (χ4v) is 9.54. The van der Waals surface area contributed by atoms with Crippen molar-refractivity contribution in [2.45, 2.75) is 5.41 Å². The molecule has 0 saturated carbocycles. The van der Waals surface area contributed by atoms with Crippen LogP contribution in [0.15, 0.2) is 200 Å². The lowest BCUT2D eigenvalue weighted by molar-refractivity contribution is 0.729. The molecular weight excluding hydrogens is 695 g/mol. The van der Waals surface area contributed by atoms with Gasteiger partial charge in [-0.2, -0.15) is 9.97 Å². The first-order valence-corrected chi connectivity index (χ1v) is 19.4. The van der Waals surface area contributed by atoms with Crippen molar-refractivity contribution >= 4 is 43.6 Å². The van der Waals surface area contributed by atoms with E-state index in [0.717, 1.165) is 38.4 Å². The highest BCUT2D eigenvalue weighted by Crippen LogP contribution is 2.56. The molecule has 3 aromatic heterocycles. The van der Waals surface area contributed by atoms with Gasteiger partial charge in [0.15, 0.2) is 11.6 Å². The minimum atomic E-state index is -0.618. The van der Waals surface area contributed by atoms with Crippen molar-refractivity contribution in [2.24, 2.45) is 0 Å². The van der Waals surface area contributed by atoms with Crippen LogP contribution in [0.25, 0.3) is 78.0 Å². The van der Waals surface area contributed by atoms with Crippen LogP contribution in [0, 0.1) is 0 Å². The normalized spacial score (nSPS) is 13.1. The van der Waals surface area contributed by atoms with E-state index >= 15 is 0 Å². The second kappa shape index (κ2) is 12.2. The predicted molar refractivity (Wildman–Crippen MR) is 231 cm³/mol. The molecule has 12 rings (SSSR count). The minimum Gasteiger partial charge on any atom is -0.308 e. The van der Waals surface area contributed by atoms with Crippen LogP contribution < -0.4 is 0 Å². The lowest BCUT2D eigenvalue weighted by Gasteiger charge is -2.41. The summed E-state index contributed by atoms with van der Waals surface area (Å²) in [5, 5.41) is 4.63. The number of para-hydroxylation sites is 3. The maximum absolute atomic E-state index is 5.32. The van der Waals surface area contributed by atoms with Gasteiger partial charge in [0.1, 0.15) is 0 Å². The van der Waals surface area contributed by atoms with Gasteiger partial charge in [0.25, 0.3) is 0 Å². The van der Waals surface area contributed by atoms with Gasteiger partial charge in [0, 0.05) is 32.7 Å². The van der Waals surface area contributed by atoms with Crippen molar-refractivity contribution in [1.82, 2.24) is 24.1 Å². The molecule has 0 amide bonds. The van der Waals surface area contributed by atoms with Crippen molar-refractivity contribution in [3.63, 3.8) is 0 Å². The van der Waals surface area contributed by atoms with Gasteiger partial charge in [0.05, 0.1) is 33.2 Å². The number of nitrogens with zero attached hydrogens (tertiary/aromatic N) is 5. The van der Waals surface area contributed by atoms with E-state index in [0.29, 0.717) is 17.6 Å². The first-order valence-electron chi connectivity index (χ1n) is 19.4. The molecule has 0 radical (unpaired) electrons. The molecule has 1 aliphatic heterocycles. The zero-order valence-electron chi connectivity index (χ0n) is 30.8. The second-order valence-corrected chi connectivity index (χ2v) is 14.8. The van der Waals surface area contributed by atoms with Gasteiger partial charge in [-0.25, -0.2) is 4.98 Å². The number of rotatable bonds is 5. The van der Waals surface area contributed by atoms with Crippen molar-refractivity contribution in [2.75, 3.05) is 0 Å². The summed E-state index contributed by atoms with van der Waals surface area (Å²) in [5.74, 6) is 1.83. The van der Waals surface area contributed by atoms with Crippen molar-refractivity contribution in [3.8, 4) is 34.4 Å². The van der Waals surface area contributed by atoms with E-state index in [1.54, 1.807) is 0 Å². The summed E-state index contributed by atoms with van der Waals surface area (Å²) in [4.78, 5) is 15.7. The lowest BCUT2D eigenvalue weighted by atomic mass is 9.63. The fraction of sp³-hybridized carbons (Fsp3) is 0.0192. The van der Waals surface area contributed by atoms with E-state index in [1.165, 1.54) is 44.2 Å². The number of aromatic nitrogens is 5. The van der Waals surface area contributed by atoms with Crippen molar-refractivity contribution in [3.05, 3.63) is 222 Å². The molecule has 0 aliphatic carbocycles. The summed E-state index contributed by atoms with van der Waals surface area (Å²) in [6.07, 6.45) is 0. The summed E-state index contributed by atoms with van der Waals surface area (Å²) >= 11 is 0. The number of hydrogen-bond donors (Lipinski definition) is 0. The average Bonchev–Trinajstić information content (AvgIpc) is 3.82. The van der Waals surface area contributed by atoms with Crippen LogP contribution in [-0.4, -0.2) is 24.1 Å². The molecular formula is C52H33N5. The predicted octanol–water partition coefficient (Wildman–Crippen LogP) is 12.1. The van der Waals surface area contributed by atoms with Gasteiger partial charge in [-0.15, -0.1) is 0 Å². The molecule has 57 heavy (non-hydrogen) atoms. The first kappa shape index (κ1) is 31.7. The van der Waals surface area contributed by atoms with E-state index in [-0.39, 0.29) is 0 Å². The quantitative estimate of drug-likeness (QED) is 0.177. The summed E-state index contributed by atoms with van der Waals surface area (Å²) in [7, 11) is 0. The maximum atomic E-state index is 5.32. The molecule has 0 unspecified atom stereocenters. The Bertz CT molecular complexity index is 3230. The van der Waals surface area contributed by atoms with E-state index in [4.69, 9.17) is 15.0 Å². The van der Waals surface area contributed by atoms with Gasteiger partial charge in [-0.3, -0.25) is 4.57 Å². The Kier molecular flexibility index (Phi) is 6.78. The molecule has 0 bridgehead atoms. The largest absolute Gasteiger partial charge is 0.308 e. The van der Waals surface area contributed by atoms with Crippen LogP contribution in [0.4, 0.5) is 0 Å². The lowest BCUT2D eigenvalue weighted by Crippen LogP contribution is -2.35. The Morgan fingerprint density at radius 3 is 1.47 bits per heavy atom. The third kappa shape index (κ3) is 4.42. The van der Waals surface area contributed by atoms with Crippen molar-refractivity contribution < 1.29 is 0 Å². The molecule has 11 aromatic rings. The first-order chi connectivity index (χ1) is 28.3. The highest BCUT2D eigenvalue weighted by atomic mass is 15.2. The number of benzene rings is 8. The van der Waals surface area contributed by atoms with Crippen LogP contribution >= 0.6 is 0 Å². The molecule has 4 heterocycles. The fourth-order valence-electron chi connectivity index (χ4n) is 9.54. The molecule has 0 atom stereocenters. The van der Waals surface area contributed by atoms with Gasteiger partial charge in [0.2, 0.25) is 5.95 Å². The van der Waals surface area contributed by atoms with E-state index in [1.807, 2.05) is 36.4 Å². The van der Waals surface area contributed by atoms with Crippen LogP contribution in [0.3, 0.4) is 0 Å². The zero-order valence-corrected chi connectivity index (χ0v) is 30.8. The topological polar surface area (TPSA) is 48.5 Å². The highest BCUT2D eigenvalue weighted by molar-refractivity contribution is 6.27. The molecule has 0 fully saturated rings. The van der Waals surface area contributed by atoms with E-state index in [9.17, 15) is 0 Å². The molecule has 5 nitrogen and oxygen atoms in total. The molecule has 266 valence electrons. The van der Waals surface area contributed by atoms with Gasteiger partial charge < -0.3 is 4.57 Å². The summed E-state index contributed by atoms with van der Waals surface area (Å²) in [5.41, 5.74) is 11.8. The molecule has 8 aromatic carbocycles. The Labute approximate surface area is 328 Å². The zero-order chi connectivity index (χ0) is 37.5. The number of hydrogen-bond acceptors (Lipinski definition) is 3. The Morgan fingerprint density at radius 1 is 0.368 bits per heavy atom. The second-order valence-electron chi connectivity index (χ2n) is 14.8. The number of fused-ring (bicyclic) bond motifs is 9. The van der Waals surface area contributed by atoms with Crippen molar-refractivity contribution in [1.29, 1.82) is 0 Å². The summed E-state index contributed by atoms with van der Waals surface area (Å²) < 4.78 is 4.79.